The molecule has 0 saturated heterocycles. The van der Waals surface area contributed by atoms with E-state index in [1.807, 2.05) is 0 Å². The lowest BCUT2D eigenvalue weighted by Crippen LogP contribution is -2.20. The Bertz CT molecular complexity index is 381. The van der Waals surface area contributed by atoms with E-state index in [2.05, 4.69) is 5.32 Å². The Morgan fingerprint density at radius 2 is 2.00 bits per heavy atom. The number of carbonyl (C=O) groups excluding carboxylic acids is 1. The third kappa shape index (κ3) is 1.39. The van der Waals surface area contributed by atoms with Crippen LogP contribution in [0.3, 0.4) is 0 Å². The van der Waals surface area contributed by atoms with Gasteiger partial charge in [-0.3, -0.25) is 4.79 Å². The first-order valence-electron chi connectivity index (χ1n) is 3.59. The summed E-state index contributed by atoms with van der Waals surface area (Å²) in [5.74, 6) is -1.27. The van der Waals surface area contributed by atoms with E-state index in [0.717, 1.165) is 23.9 Å². The molecule has 1 aliphatic rings. The minimum absolute atomic E-state index is 0.0405. The lowest BCUT2D eigenvalue weighted by atomic mass is 10.3. The maximum Gasteiger partial charge on any atom is 0.234 e. The summed E-state index contributed by atoms with van der Waals surface area (Å²) >= 11 is 1.01. The lowest BCUT2D eigenvalue weighted by Gasteiger charge is -2.16. The van der Waals surface area contributed by atoms with E-state index in [1.165, 1.54) is 0 Å². The summed E-state index contributed by atoms with van der Waals surface area (Å²) in [6.45, 7) is 0. The first kappa shape index (κ1) is 8.50. The number of hydrogen-bond donors (Lipinski definition) is 1. The molecule has 2 nitrogen and oxygen atoms in total. The first-order valence-corrected chi connectivity index (χ1v) is 4.57. The number of thioether (sulfide) groups is 1. The highest BCUT2D eigenvalue weighted by atomic mass is 32.2. The van der Waals surface area contributed by atoms with Crippen LogP contribution in [0.1, 0.15) is 0 Å². The molecule has 1 aliphatic heterocycles. The molecule has 0 spiro atoms. The molecule has 1 N–H and O–H groups in total. The van der Waals surface area contributed by atoms with Crippen LogP contribution in [0.4, 0.5) is 14.5 Å². The van der Waals surface area contributed by atoms with Crippen LogP contribution in [0, 0.1) is 11.6 Å². The average molecular weight is 201 g/mol. The molecule has 0 aliphatic carbocycles. The summed E-state index contributed by atoms with van der Waals surface area (Å²) in [7, 11) is 0. The number of amides is 1. The van der Waals surface area contributed by atoms with E-state index in [-0.39, 0.29) is 22.2 Å². The average Bonchev–Trinajstić information content (AvgIpc) is 2.12. The highest BCUT2D eigenvalue weighted by molar-refractivity contribution is 8.00. The van der Waals surface area contributed by atoms with E-state index in [9.17, 15) is 13.6 Å². The highest BCUT2D eigenvalue weighted by Gasteiger charge is 2.21. The van der Waals surface area contributed by atoms with Gasteiger partial charge in [-0.05, 0) is 12.1 Å². The molecule has 1 amide bonds. The van der Waals surface area contributed by atoms with Gasteiger partial charge in [0, 0.05) is 0 Å². The zero-order chi connectivity index (χ0) is 9.42. The van der Waals surface area contributed by atoms with Crippen molar-refractivity contribution in [1.82, 2.24) is 0 Å². The lowest BCUT2D eigenvalue weighted by molar-refractivity contribution is -0.113. The van der Waals surface area contributed by atoms with Crippen LogP contribution in [-0.4, -0.2) is 11.7 Å². The highest BCUT2D eigenvalue weighted by Crippen LogP contribution is 2.35. The first-order chi connectivity index (χ1) is 6.18. The van der Waals surface area contributed by atoms with Crippen LogP contribution in [0.2, 0.25) is 0 Å². The third-order valence-electron chi connectivity index (χ3n) is 1.67. The molecule has 0 bridgehead atoms. The van der Waals surface area contributed by atoms with Crippen molar-refractivity contribution in [1.29, 1.82) is 0 Å². The number of anilines is 1. The minimum atomic E-state index is -0.600. The van der Waals surface area contributed by atoms with Gasteiger partial charge in [0.1, 0.15) is 11.6 Å². The zero-order valence-electron chi connectivity index (χ0n) is 6.43. The maximum absolute atomic E-state index is 13.0. The molecule has 2 rings (SSSR count). The molecule has 1 aromatic rings. The molecule has 0 saturated carbocycles. The van der Waals surface area contributed by atoms with Crippen LogP contribution < -0.4 is 5.32 Å². The summed E-state index contributed by atoms with van der Waals surface area (Å²) < 4.78 is 26.1. The predicted octanol–water partition coefficient (Wildman–Crippen LogP) is 2.01. The van der Waals surface area contributed by atoms with Gasteiger partial charge in [-0.15, -0.1) is 11.8 Å². The van der Waals surface area contributed by atoms with Crippen molar-refractivity contribution >= 4 is 23.4 Å². The van der Waals surface area contributed by atoms with Gasteiger partial charge in [0.25, 0.3) is 0 Å². The molecule has 0 unspecified atom stereocenters. The molecule has 0 aromatic heterocycles. The van der Waals surface area contributed by atoms with Crippen molar-refractivity contribution in [2.45, 2.75) is 4.90 Å². The monoisotopic (exact) mass is 201 g/mol. The van der Waals surface area contributed by atoms with Gasteiger partial charge in [0.15, 0.2) is 0 Å². The fraction of sp³-hybridized carbons (Fsp3) is 0.125. The number of rotatable bonds is 0. The Balaban J connectivity index is 2.57. The molecular weight excluding hydrogens is 196 g/mol. The predicted molar refractivity (Wildman–Crippen MR) is 45.7 cm³/mol. The number of benzene rings is 1. The Morgan fingerprint density at radius 1 is 1.31 bits per heavy atom. The number of fused-ring (bicyclic) bond motifs is 1. The second-order valence-electron chi connectivity index (χ2n) is 2.57. The van der Waals surface area contributed by atoms with E-state index in [0.29, 0.717) is 0 Å². The largest absolute Gasteiger partial charge is 0.322 e. The van der Waals surface area contributed by atoms with E-state index in [4.69, 9.17) is 0 Å². The Labute approximate surface area is 77.3 Å². The van der Waals surface area contributed by atoms with Gasteiger partial charge in [0.05, 0.1) is 16.3 Å². The van der Waals surface area contributed by atoms with Gasteiger partial charge in [-0.25, -0.2) is 8.78 Å². The smallest absolute Gasteiger partial charge is 0.234 e. The van der Waals surface area contributed by atoms with Crippen LogP contribution >= 0.6 is 11.8 Å². The number of hydrogen-bond acceptors (Lipinski definition) is 2. The molecule has 0 atom stereocenters. The van der Waals surface area contributed by atoms with E-state index < -0.39 is 11.6 Å². The van der Waals surface area contributed by atoms with Gasteiger partial charge in [-0.2, -0.15) is 0 Å². The maximum atomic E-state index is 13.0. The van der Waals surface area contributed by atoms with Crippen molar-refractivity contribution in [3.63, 3.8) is 0 Å². The van der Waals surface area contributed by atoms with Crippen LogP contribution in [0.5, 0.6) is 0 Å². The molecule has 1 aromatic carbocycles. The van der Waals surface area contributed by atoms with Crippen molar-refractivity contribution < 1.29 is 13.6 Å². The molecular formula is C8H5F2NOS. The SMILES string of the molecule is O=C1CSc2c(F)ccc(F)c2N1. The van der Waals surface area contributed by atoms with Crippen molar-refractivity contribution in [3.05, 3.63) is 23.8 Å². The van der Waals surface area contributed by atoms with Gasteiger partial charge in [0.2, 0.25) is 5.91 Å². The fourth-order valence-electron chi connectivity index (χ4n) is 1.10. The third-order valence-corrected chi connectivity index (χ3v) is 2.77. The van der Waals surface area contributed by atoms with E-state index >= 15 is 0 Å². The quantitative estimate of drug-likeness (QED) is 0.695. The van der Waals surface area contributed by atoms with Crippen LogP contribution in [-0.2, 0) is 4.79 Å². The fourth-order valence-corrected chi connectivity index (χ4v) is 1.95. The molecule has 0 fully saturated rings. The van der Waals surface area contributed by atoms with Crippen LogP contribution in [0.15, 0.2) is 17.0 Å². The summed E-state index contributed by atoms with van der Waals surface area (Å²) in [6.07, 6.45) is 0. The second-order valence-corrected chi connectivity index (χ2v) is 3.56. The van der Waals surface area contributed by atoms with Gasteiger partial charge in [-0.1, -0.05) is 0 Å². The zero-order valence-corrected chi connectivity index (χ0v) is 7.25. The summed E-state index contributed by atoms with van der Waals surface area (Å²) in [6, 6.07) is 2.05. The van der Waals surface area contributed by atoms with E-state index in [1.54, 1.807) is 0 Å². The summed E-state index contributed by atoms with van der Waals surface area (Å²) in [4.78, 5) is 11.0. The summed E-state index contributed by atoms with van der Waals surface area (Å²) in [5.41, 5.74) is -0.0405. The van der Waals surface area contributed by atoms with Crippen molar-refractivity contribution in [3.8, 4) is 0 Å². The van der Waals surface area contributed by atoms with Gasteiger partial charge < -0.3 is 5.32 Å². The molecule has 13 heavy (non-hydrogen) atoms. The Morgan fingerprint density at radius 3 is 2.77 bits per heavy atom. The van der Waals surface area contributed by atoms with Gasteiger partial charge >= 0.3 is 0 Å². The Kier molecular flexibility index (Phi) is 1.95. The standard InChI is InChI=1S/C8H5F2NOS/c9-4-1-2-5(10)8-7(4)11-6(12)3-13-8/h1-2H,3H2,(H,11,12). The Hall–Kier alpha value is -1.10. The van der Waals surface area contributed by atoms with Crippen LogP contribution in [0.25, 0.3) is 0 Å². The molecule has 1 heterocycles. The topological polar surface area (TPSA) is 29.1 Å². The molecule has 68 valence electrons. The molecule has 0 radical (unpaired) electrons. The number of carbonyl (C=O) groups is 1. The number of nitrogens with one attached hydrogen (secondary N) is 1. The second kappa shape index (κ2) is 2.99. The minimum Gasteiger partial charge on any atom is -0.322 e. The van der Waals surface area contributed by atoms with Crippen molar-refractivity contribution in [2.24, 2.45) is 0 Å². The molecule has 5 heteroatoms. The normalized spacial score (nSPS) is 15.1. The summed E-state index contributed by atoms with van der Waals surface area (Å²) in [5, 5.41) is 2.29. The number of halogens is 2. The van der Waals surface area contributed by atoms with Crippen molar-refractivity contribution in [2.75, 3.05) is 11.1 Å².